The Hall–Kier alpha value is -1.28. The first-order valence-corrected chi connectivity index (χ1v) is 12.1. The van der Waals surface area contributed by atoms with Crippen LogP contribution < -0.4 is 5.73 Å². The number of aliphatic hydroxyl groups excluding tert-OH is 2. The van der Waals surface area contributed by atoms with Crippen molar-refractivity contribution in [2.45, 2.75) is 45.3 Å². The van der Waals surface area contributed by atoms with Crippen molar-refractivity contribution in [2.24, 2.45) is 0 Å². The van der Waals surface area contributed by atoms with Crippen molar-refractivity contribution in [3.05, 3.63) is 12.7 Å². The van der Waals surface area contributed by atoms with Crippen LogP contribution >= 0.6 is 6.72 Å². The molecule has 4 atom stereocenters. The van der Waals surface area contributed by atoms with Gasteiger partial charge in [-0.3, -0.25) is 4.57 Å². The Kier molecular flexibility index (Phi) is 9.03. The molecule has 0 unspecified atom stereocenters. The van der Waals surface area contributed by atoms with E-state index < -0.39 is 31.3 Å². The lowest BCUT2D eigenvalue weighted by atomic mass is 10.1. The molecule has 3 rings (SSSR count). The lowest BCUT2D eigenvalue weighted by Gasteiger charge is -2.16. The van der Waals surface area contributed by atoms with E-state index in [0.29, 0.717) is 11.2 Å². The molecule has 0 aromatic carbocycles. The Labute approximate surface area is 179 Å². The van der Waals surface area contributed by atoms with Gasteiger partial charge in [0.15, 0.2) is 17.7 Å². The Morgan fingerprint density at radius 1 is 1.17 bits per heavy atom. The first-order valence-electron chi connectivity index (χ1n) is 9.49. The minimum atomic E-state index is -3.89. The van der Waals surface area contributed by atoms with E-state index in [1.165, 1.54) is 36.9 Å². The fourth-order valence-electron chi connectivity index (χ4n) is 2.99. The number of fused-ring (bicyclic) bond motifs is 1. The summed E-state index contributed by atoms with van der Waals surface area (Å²) in [5.74, 6) is 0.169. The van der Waals surface area contributed by atoms with Crippen LogP contribution in [0.2, 0.25) is 0 Å². The minimum Gasteiger partial charge on any atom is -0.387 e. The number of imidazole rings is 1. The topological polar surface area (TPSA) is 172 Å². The number of nitrogen functional groups attached to an aromatic ring is 1. The quantitative estimate of drug-likeness (QED) is 0.336. The van der Waals surface area contributed by atoms with Gasteiger partial charge in [-0.25, -0.2) is 15.0 Å². The average Bonchev–Trinajstić information content (AvgIpc) is 3.24. The number of hydrogen-bond acceptors (Lipinski definition) is 10. The first kappa shape index (κ1) is 25.0. The van der Waals surface area contributed by atoms with Gasteiger partial charge in [-0.2, -0.15) is 0 Å². The predicted molar refractivity (Wildman–Crippen MR) is 114 cm³/mol. The molecular weight excluding hydrogens is 435 g/mol. The molecule has 1 saturated heterocycles. The Balaban J connectivity index is 0.000000396. The summed E-state index contributed by atoms with van der Waals surface area (Å²) in [7, 11) is 0. The van der Waals surface area contributed by atoms with Crippen molar-refractivity contribution < 1.29 is 29.3 Å². The monoisotopic (exact) mass is 464 g/mol. The Morgan fingerprint density at radius 2 is 1.80 bits per heavy atom. The molecule has 30 heavy (non-hydrogen) atoms. The number of aliphatic hydroxyl groups is 2. The lowest BCUT2D eigenvalue weighted by molar-refractivity contribution is -0.0487. The van der Waals surface area contributed by atoms with Crippen LogP contribution in [0.3, 0.4) is 0 Å². The van der Waals surface area contributed by atoms with E-state index in [1.54, 1.807) is 0 Å². The Morgan fingerprint density at radius 3 is 2.33 bits per heavy atom. The van der Waals surface area contributed by atoms with Crippen LogP contribution in [-0.2, 0) is 21.1 Å². The molecule has 3 heterocycles. The summed E-state index contributed by atoms with van der Waals surface area (Å²) in [6.45, 7) is 5.85. The maximum absolute atomic E-state index is 10.2. The highest BCUT2D eigenvalue weighted by Crippen LogP contribution is 2.39. The van der Waals surface area contributed by atoms with Gasteiger partial charge in [0.2, 0.25) is 0 Å². The molecule has 170 valence electrons. The minimum absolute atomic E-state index is 0.169. The summed E-state index contributed by atoms with van der Waals surface area (Å²) < 4.78 is 11.6. The third-order valence-electron chi connectivity index (χ3n) is 4.75. The zero-order valence-corrected chi connectivity index (χ0v) is 18.8. The van der Waals surface area contributed by atoms with Crippen molar-refractivity contribution in [1.82, 2.24) is 24.4 Å². The molecule has 1 aliphatic heterocycles. The van der Waals surface area contributed by atoms with E-state index in [-0.39, 0.29) is 12.4 Å². The number of nitrogens with two attached hydrogens (primary N) is 1. The molecule has 0 aliphatic carbocycles. The van der Waals surface area contributed by atoms with E-state index in [9.17, 15) is 10.2 Å². The fourth-order valence-corrected chi connectivity index (χ4v) is 3.52. The predicted octanol–water partition coefficient (Wildman–Crippen LogP) is -0.398. The molecule has 1 aliphatic rings. The summed E-state index contributed by atoms with van der Waals surface area (Å²) in [5.41, 5.74) is 6.35. The maximum Gasteiger partial charge on any atom is 0.321 e. The average molecular weight is 464 g/mol. The van der Waals surface area contributed by atoms with Crippen molar-refractivity contribution >= 4 is 35.5 Å². The van der Waals surface area contributed by atoms with Crippen LogP contribution in [-0.4, -0.2) is 89.0 Å². The van der Waals surface area contributed by atoms with E-state index in [0.717, 1.165) is 0 Å². The van der Waals surface area contributed by atoms with Crippen molar-refractivity contribution in [2.75, 3.05) is 32.0 Å². The lowest BCUT2D eigenvalue weighted by Crippen LogP contribution is -2.33. The third kappa shape index (κ3) is 6.13. The zero-order valence-electron chi connectivity index (χ0n) is 17.1. The van der Waals surface area contributed by atoms with Gasteiger partial charge in [-0.15, -0.1) is 0 Å². The second-order valence-electron chi connectivity index (χ2n) is 6.54. The van der Waals surface area contributed by atoms with Crippen LogP contribution in [0, 0.1) is 0 Å². The van der Waals surface area contributed by atoms with Gasteiger partial charge in [0, 0.05) is 0 Å². The summed E-state index contributed by atoms with van der Waals surface area (Å²) in [6.07, 6.45) is -2.06. The van der Waals surface area contributed by atoms with Crippen LogP contribution in [0.25, 0.3) is 11.2 Å². The molecule has 0 bridgehead atoms. The molecule has 2 aromatic heterocycles. The Bertz CT molecular complexity index is 856. The first-order chi connectivity index (χ1) is 14.1. The van der Waals surface area contributed by atoms with Gasteiger partial charge in [-0.1, -0.05) is 20.8 Å². The summed E-state index contributed by atoms with van der Waals surface area (Å²) in [4.78, 5) is 32.4. The molecule has 14 heteroatoms. The molecule has 0 saturated carbocycles. The highest BCUT2D eigenvalue weighted by atomic mass is 32.5. The van der Waals surface area contributed by atoms with Crippen molar-refractivity contribution in [1.29, 1.82) is 0 Å². The third-order valence-corrected chi connectivity index (χ3v) is 5.55. The summed E-state index contributed by atoms with van der Waals surface area (Å²) in [5, 5.41) is 20.2. The van der Waals surface area contributed by atoms with Crippen molar-refractivity contribution in [3.8, 4) is 0 Å². The molecule has 0 radical (unpaired) electrons. The van der Waals surface area contributed by atoms with Gasteiger partial charge >= 0.3 is 6.72 Å². The van der Waals surface area contributed by atoms with E-state index in [4.69, 9.17) is 20.3 Å². The van der Waals surface area contributed by atoms with Crippen LogP contribution in [0.4, 0.5) is 5.82 Å². The number of aromatic nitrogens is 4. The number of anilines is 1. The molecule has 2 aromatic rings. The van der Waals surface area contributed by atoms with Crippen LogP contribution in [0.5, 0.6) is 0 Å². The summed E-state index contributed by atoms with van der Waals surface area (Å²) in [6, 6.07) is 0. The standard InChI is InChI=1S/C10H14N5O6PS.C6H15N/c11-8-5-9(13-2-12-8)15(3-14-5)10-7(17)6(16)4(21-10)1-20-22(18,19)23;1-4-7(5-2)6-3/h2-4,6-7,10,16-17H,1H2,(H2,11,12,13)(H2,18,19,23);4-6H2,1-3H3/t4-,6-,7-,10-;/m1./s1. The van der Waals surface area contributed by atoms with E-state index >= 15 is 0 Å². The highest BCUT2D eigenvalue weighted by molar-refractivity contribution is 8.06. The maximum atomic E-state index is 10.2. The number of ether oxygens (including phenoxy) is 1. The SMILES string of the molecule is CCN(CC)CC.Nc1ncnc2c1ncn2[C@@H]1O[C@H](COP(O)(O)=S)[C@@H](O)[C@H]1O. The van der Waals surface area contributed by atoms with Gasteiger partial charge in [0.25, 0.3) is 0 Å². The summed E-state index contributed by atoms with van der Waals surface area (Å²) >= 11 is 4.33. The highest BCUT2D eigenvalue weighted by Gasteiger charge is 2.44. The van der Waals surface area contributed by atoms with Crippen LogP contribution in [0.1, 0.15) is 27.0 Å². The number of nitrogens with zero attached hydrogens (tertiary/aromatic N) is 5. The van der Waals surface area contributed by atoms with Gasteiger partial charge in [-0.05, 0) is 31.4 Å². The molecule has 1 fully saturated rings. The van der Waals surface area contributed by atoms with Gasteiger partial charge < -0.3 is 39.9 Å². The second-order valence-corrected chi connectivity index (χ2v) is 9.20. The van der Waals surface area contributed by atoms with E-state index in [1.807, 2.05) is 0 Å². The molecule has 12 nitrogen and oxygen atoms in total. The zero-order chi connectivity index (χ0) is 22.5. The van der Waals surface area contributed by atoms with E-state index in [2.05, 4.69) is 57.0 Å². The normalized spacial score (nSPS) is 24.3. The fraction of sp³-hybridized carbons (Fsp3) is 0.688. The number of hydrogen-bond donors (Lipinski definition) is 5. The molecule has 0 spiro atoms. The molecule has 0 amide bonds. The van der Waals surface area contributed by atoms with Crippen molar-refractivity contribution in [3.63, 3.8) is 0 Å². The van der Waals surface area contributed by atoms with Gasteiger partial charge in [0.05, 0.1) is 12.9 Å². The van der Waals surface area contributed by atoms with Crippen LogP contribution in [0.15, 0.2) is 12.7 Å². The smallest absolute Gasteiger partial charge is 0.321 e. The second kappa shape index (κ2) is 10.8. The molecular formula is C16H29N6O6PS. The molecule has 6 N–H and O–H groups in total. The number of rotatable bonds is 7. The largest absolute Gasteiger partial charge is 0.387 e. The van der Waals surface area contributed by atoms with Gasteiger partial charge in [0.1, 0.15) is 30.2 Å².